The first-order chi connectivity index (χ1) is 9.07. The predicted molar refractivity (Wildman–Crippen MR) is 79.0 cm³/mol. The molecule has 1 aliphatic heterocycles. The molecular formula is C16H28N2O2. The number of carbonyl (C=O) groups excluding carboxylic acids is 2. The van der Waals surface area contributed by atoms with Gasteiger partial charge < -0.3 is 10.2 Å². The van der Waals surface area contributed by atoms with Crippen LogP contribution >= 0.6 is 0 Å². The number of amides is 2. The van der Waals surface area contributed by atoms with Crippen molar-refractivity contribution in [1.82, 2.24) is 10.2 Å². The number of nitrogens with zero attached hydrogens (tertiary/aromatic N) is 1. The molecule has 1 saturated heterocycles. The van der Waals surface area contributed by atoms with Crippen molar-refractivity contribution < 1.29 is 9.59 Å². The molecule has 20 heavy (non-hydrogen) atoms. The van der Waals surface area contributed by atoms with Crippen molar-refractivity contribution in [2.24, 2.45) is 16.7 Å². The lowest BCUT2D eigenvalue weighted by atomic mass is 9.95. The predicted octanol–water partition coefficient (Wildman–Crippen LogP) is 2.18. The number of piperazine rings is 1. The molecule has 2 unspecified atom stereocenters. The largest absolute Gasteiger partial charge is 0.343 e. The summed E-state index contributed by atoms with van der Waals surface area (Å²) in [7, 11) is 0. The van der Waals surface area contributed by atoms with Crippen molar-refractivity contribution in [1.29, 1.82) is 0 Å². The van der Waals surface area contributed by atoms with E-state index in [4.69, 9.17) is 0 Å². The fraction of sp³-hybridized carbons (Fsp3) is 0.875. The van der Waals surface area contributed by atoms with E-state index in [1.54, 1.807) is 0 Å². The highest BCUT2D eigenvalue weighted by atomic mass is 16.2. The van der Waals surface area contributed by atoms with Gasteiger partial charge in [0.2, 0.25) is 11.8 Å². The molecule has 2 rings (SSSR count). The Kier molecular flexibility index (Phi) is 3.43. The second-order valence-corrected chi connectivity index (χ2v) is 7.75. The summed E-state index contributed by atoms with van der Waals surface area (Å²) in [5, 5.41) is 2.88. The van der Waals surface area contributed by atoms with Crippen LogP contribution < -0.4 is 5.32 Å². The summed E-state index contributed by atoms with van der Waals surface area (Å²) >= 11 is 0. The lowest BCUT2D eigenvalue weighted by molar-refractivity contribution is -0.153. The monoisotopic (exact) mass is 280 g/mol. The highest BCUT2D eigenvalue weighted by molar-refractivity contribution is 5.97. The van der Waals surface area contributed by atoms with E-state index in [1.165, 1.54) is 0 Å². The van der Waals surface area contributed by atoms with Crippen molar-refractivity contribution in [2.75, 3.05) is 0 Å². The van der Waals surface area contributed by atoms with Crippen LogP contribution in [0, 0.1) is 16.7 Å². The number of hydrogen-bond acceptors (Lipinski definition) is 2. The molecule has 0 aromatic heterocycles. The smallest absolute Gasteiger partial charge is 0.246 e. The maximum Gasteiger partial charge on any atom is 0.246 e. The van der Waals surface area contributed by atoms with Gasteiger partial charge in [0.15, 0.2) is 0 Å². The molecule has 2 aliphatic rings. The zero-order valence-corrected chi connectivity index (χ0v) is 13.8. The molecule has 0 spiro atoms. The first-order valence-corrected chi connectivity index (χ1v) is 7.70. The zero-order valence-electron chi connectivity index (χ0n) is 13.8. The van der Waals surface area contributed by atoms with Crippen molar-refractivity contribution >= 4 is 11.8 Å². The van der Waals surface area contributed by atoms with Crippen LogP contribution in [0.1, 0.15) is 54.9 Å². The highest BCUT2D eigenvalue weighted by Crippen LogP contribution is 2.66. The minimum absolute atomic E-state index is 0.00458. The fourth-order valence-corrected chi connectivity index (χ4v) is 3.81. The van der Waals surface area contributed by atoms with Crippen LogP contribution in [0.3, 0.4) is 0 Å². The van der Waals surface area contributed by atoms with Gasteiger partial charge in [0.25, 0.3) is 0 Å². The Balaban J connectivity index is 2.40. The van der Waals surface area contributed by atoms with Gasteiger partial charge in [-0.1, -0.05) is 48.5 Å². The molecule has 0 aromatic rings. The molecule has 1 N–H and O–H groups in total. The standard InChI is InChI=1S/C16H28N2O2/c1-8-10-13(20)18(11(9(2)3)12(19)17-10)14-15(4,5)16(14,6)7/h9-11,14H,8H2,1-7H3,(H,17,19). The van der Waals surface area contributed by atoms with E-state index in [9.17, 15) is 9.59 Å². The molecule has 2 fully saturated rings. The third kappa shape index (κ3) is 1.87. The molecule has 1 saturated carbocycles. The molecule has 2 atom stereocenters. The average Bonchev–Trinajstić information content (AvgIpc) is 2.71. The Hall–Kier alpha value is -1.06. The average molecular weight is 280 g/mol. The van der Waals surface area contributed by atoms with Gasteiger partial charge in [-0.3, -0.25) is 9.59 Å². The molecule has 2 amide bonds. The molecule has 1 aliphatic carbocycles. The second kappa shape index (κ2) is 4.47. The van der Waals surface area contributed by atoms with E-state index in [0.29, 0.717) is 6.42 Å². The lowest BCUT2D eigenvalue weighted by Crippen LogP contribution is -2.66. The van der Waals surface area contributed by atoms with Gasteiger partial charge >= 0.3 is 0 Å². The summed E-state index contributed by atoms with van der Waals surface area (Å²) in [5.41, 5.74) is 0.122. The Labute approximate surface area is 122 Å². The minimum Gasteiger partial charge on any atom is -0.343 e. The van der Waals surface area contributed by atoms with Crippen LogP contribution in [-0.4, -0.2) is 34.8 Å². The molecular weight excluding hydrogens is 252 g/mol. The van der Waals surface area contributed by atoms with Gasteiger partial charge in [-0.05, 0) is 23.2 Å². The van der Waals surface area contributed by atoms with Crippen LogP contribution in [0.25, 0.3) is 0 Å². The van der Waals surface area contributed by atoms with Crippen LogP contribution in [0.5, 0.6) is 0 Å². The summed E-state index contributed by atoms with van der Waals surface area (Å²) in [6, 6.07) is -0.545. The van der Waals surface area contributed by atoms with E-state index < -0.39 is 0 Å². The van der Waals surface area contributed by atoms with Gasteiger partial charge in [0, 0.05) is 6.04 Å². The van der Waals surface area contributed by atoms with Crippen molar-refractivity contribution in [3.05, 3.63) is 0 Å². The maximum atomic E-state index is 12.8. The van der Waals surface area contributed by atoms with Gasteiger partial charge in [0.1, 0.15) is 12.1 Å². The second-order valence-electron chi connectivity index (χ2n) is 7.75. The van der Waals surface area contributed by atoms with Gasteiger partial charge in [-0.25, -0.2) is 0 Å². The lowest BCUT2D eigenvalue weighted by Gasteiger charge is -2.42. The van der Waals surface area contributed by atoms with E-state index in [1.807, 2.05) is 25.7 Å². The number of rotatable bonds is 3. The third-order valence-corrected chi connectivity index (χ3v) is 5.70. The molecule has 4 nitrogen and oxygen atoms in total. The summed E-state index contributed by atoms with van der Waals surface area (Å²) in [4.78, 5) is 27.1. The minimum atomic E-state index is -0.357. The van der Waals surface area contributed by atoms with Crippen LogP contribution in [0.4, 0.5) is 0 Å². The molecule has 0 bridgehead atoms. The van der Waals surface area contributed by atoms with Gasteiger partial charge in [0.05, 0.1) is 0 Å². The Morgan fingerprint density at radius 3 is 2.00 bits per heavy atom. The zero-order chi connectivity index (χ0) is 15.5. The normalized spacial score (nSPS) is 32.5. The van der Waals surface area contributed by atoms with Gasteiger partial charge in [-0.2, -0.15) is 0 Å². The highest BCUT2D eigenvalue weighted by Gasteiger charge is 2.70. The van der Waals surface area contributed by atoms with E-state index in [0.717, 1.165) is 0 Å². The van der Waals surface area contributed by atoms with Gasteiger partial charge in [-0.15, -0.1) is 0 Å². The molecule has 4 heteroatoms. The quantitative estimate of drug-likeness (QED) is 0.861. The van der Waals surface area contributed by atoms with Crippen LogP contribution in [0.15, 0.2) is 0 Å². The van der Waals surface area contributed by atoms with Crippen molar-refractivity contribution in [3.63, 3.8) is 0 Å². The number of nitrogens with one attached hydrogen (secondary N) is 1. The van der Waals surface area contributed by atoms with E-state index >= 15 is 0 Å². The molecule has 1 heterocycles. The number of carbonyl (C=O) groups is 2. The summed E-state index contributed by atoms with van der Waals surface area (Å²) < 4.78 is 0. The number of hydrogen-bond donors (Lipinski definition) is 1. The van der Waals surface area contributed by atoms with Crippen molar-refractivity contribution in [2.45, 2.75) is 73.0 Å². The summed E-state index contributed by atoms with van der Waals surface area (Å²) in [6.07, 6.45) is 0.652. The Morgan fingerprint density at radius 1 is 1.15 bits per heavy atom. The molecule has 0 radical (unpaired) electrons. The SMILES string of the molecule is CCC1NC(=O)C(C(C)C)N(C2C(C)(C)C2(C)C)C1=O. The summed E-state index contributed by atoms with van der Waals surface area (Å²) in [5.74, 6) is 0.225. The Morgan fingerprint density at radius 2 is 1.65 bits per heavy atom. The molecule has 114 valence electrons. The van der Waals surface area contributed by atoms with E-state index in [2.05, 4.69) is 33.0 Å². The first kappa shape index (κ1) is 15.3. The van der Waals surface area contributed by atoms with Crippen LogP contribution in [0.2, 0.25) is 0 Å². The summed E-state index contributed by atoms with van der Waals surface area (Å²) in [6.45, 7) is 14.7. The maximum absolute atomic E-state index is 12.8. The third-order valence-electron chi connectivity index (χ3n) is 5.70. The topological polar surface area (TPSA) is 49.4 Å². The Bertz CT molecular complexity index is 426. The van der Waals surface area contributed by atoms with Crippen molar-refractivity contribution in [3.8, 4) is 0 Å². The van der Waals surface area contributed by atoms with Crippen LogP contribution in [-0.2, 0) is 9.59 Å². The molecule has 0 aromatic carbocycles. The first-order valence-electron chi connectivity index (χ1n) is 7.70. The van der Waals surface area contributed by atoms with E-state index in [-0.39, 0.29) is 46.7 Å². The fourth-order valence-electron chi connectivity index (χ4n) is 3.81.